The van der Waals surface area contributed by atoms with E-state index in [2.05, 4.69) is 15.5 Å². The number of nitrogens with one attached hydrogen (secondary N) is 1. The molecule has 0 saturated heterocycles. The van der Waals surface area contributed by atoms with Gasteiger partial charge in [-0.3, -0.25) is 0 Å². The van der Waals surface area contributed by atoms with E-state index in [1.54, 1.807) is 19.1 Å². The molecule has 6 heteroatoms. The Morgan fingerprint density at radius 2 is 1.96 bits per heavy atom. The summed E-state index contributed by atoms with van der Waals surface area (Å²) in [6.45, 7) is 2.45. The fraction of sp³-hybridized carbons (Fsp3) is 0.471. The summed E-state index contributed by atoms with van der Waals surface area (Å²) in [6.07, 6.45) is 5.48. The molecule has 2 aromatic rings. The molecule has 1 aliphatic carbocycles. The van der Waals surface area contributed by atoms with Crippen LogP contribution in [0.3, 0.4) is 0 Å². The third-order valence-corrected chi connectivity index (χ3v) is 4.49. The van der Waals surface area contributed by atoms with Gasteiger partial charge in [0.2, 0.25) is 5.89 Å². The molecule has 1 aromatic heterocycles. The average molecular weight is 315 g/mol. The number of rotatable bonds is 5. The molecule has 0 aliphatic heterocycles. The van der Waals surface area contributed by atoms with Gasteiger partial charge in [0.05, 0.1) is 11.1 Å². The van der Waals surface area contributed by atoms with Crippen LogP contribution in [-0.4, -0.2) is 21.2 Å². The van der Waals surface area contributed by atoms with Crippen LogP contribution in [0.15, 0.2) is 28.8 Å². The third kappa shape index (κ3) is 3.42. The van der Waals surface area contributed by atoms with Crippen molar-refractivity contribution in [2.24, 2.45) is 0 Å². The lowest BCUT2D eigenvalue weighted by atomic mass is 9.81. The fourth-order valence-corrected chi connectivity index (χ4v) is 3.16. The number of hydrogen-bond donors (Lipinski definition) is 2. The monoisotopic (exact) mass is 315 g/mol. The van der Waals surface area contributed by atoms with Gasteiger partial charge in [-0.15, -0.1) is 0 Å². The van der Waals surface area contributed by atoms with Crippen molar-refractivity contribution in [3.05, 3.63) is 47.1 Å². The molecule has 23 heavy (non-hydrogen) atoms. The van der Waals surface area contributed by atoms with Crippen LogP contribution in [0.1, 0.15) is 59.7 Å². The van der Waals surface area contributed by atoms with Crippen molar-refractivity contribution < 1.29 is 14.4 Å². The zero-order valence-electron chi connectivity index (χ0n) is 13.2. The summed E-state index contributed by atoms with van der Waals surface area (Å²) in [5.41, 5.74) is 1.09. The Bertz CT molecular complexity index is 673. The van der Waals surface area contributed by atoms with Gasteiger partial charge in [0, 0.05) is 13.5 Å². The van der Waals surface area contributed by atoms with Crippen molar-refractivity contribution in [1.82, 2.24) is 15.5 Å². The van der Waals surface area contributed by atoms with Crippen molar-refractivity contribution in [3.63, 3.8) is 0 Å². The van der Waals surface area contributed by atoms with Crippen molar-refractivity contribution in [3.8, 4) is 0 Å². The second-order valence-electron chi connectivity index (χ2n) is 6.14. The van der Waals surface area contributed by atoms with Gasteiger partial charge in [-0.2, -0.15) is 4.98 Å². The van der Waals surface area contributed by atoms with Crippen molar-refractivity contribution >= 4 is 5.97 Å². The molecule has 1 aromatic carbocycles. The highest BCUT2D eigenvalue weighted by Gasteiger charge is 2.37. The Hall–Kier alpha value is -2.21. The SMILES string of the molecule is Cc1nc(C2(NCc3ccc(C(=O)O)cc3)CCCCC2)no1. The Labute approximate surface area is 134 Å². The Kier molecular flexibility index (Phi) is 4.43. The molecule has 2 N–H and O–H groups in total. The molecule has 1 saturated carbocycles. The van der Waals surface area contributed by atoms with Gasteiger partial charge in [-0.25, -0.2) is 4.79 Å². The lowest BCUT2D eigenvalue weighted by Gasteiger charge is -2.35. The minimum Gasteiger partial charge on any atom is -0.478 e. The number of benzene rings is 1. The van der Waals surface area contributed by atoms with Crippen LogP contribution in [-0.2, 0) is 12.1 Å². The first-order chi connectivity index (χ1) is 11.1. The minimum atomic E-state index is -0.907. The summed E-state index contributed by atoms with van der Waals surface area (Å²) in [4.78, 5) is 15.4. The summed E-state index contributed by atoms with van der Waals surface area (Å²) in [7, 11) is 0. The lowest BCUT2D eigenvalue weighted by molar-refractivity contribution is 0.0697. The van der Waals surface area contributed by atoms with E-state index in [-0.39, 0.29) is 5.54 Å². The van der Waals surface area contributed by atoms with E-state index in [4.69, 9.17) is 9.63 Å². The minimum absolute atomic E-state index is 0.249. The Morgan fingerprint density at radius 3 is 2.52 bits per heavy atom. The summed E-state index contributed by atoms with van der Waals surface area (Å²) < 4.78 is 5.17. The number of carboxylic acids is 1. The average Bonchev–Trinajstić information content (AvgIpc) is 3.01. The summed E-state index contributed by atoms with van der Waals surface area (Å²) in [6, 6.07) is 6.94. The van der Waals surface area contributed by atoms with Gasteiger partial charge in [0.1, 0.15) is 0 Å². The fourth-order valence-electron chi connectivity index (χ4n) is 3.16. The van der Waals surface area contributed by atoms with Gasteiger partial charge in [-0.05, 0) is 30.5 Å². The highest BCUT2D eigenvalue weighted by Crippen LogP contribution is 2.35. The molecule has 3 rings (SSSR count). The van der Waals surface area contributed by atoms with Crippen LogP contribution in [0.2, 0.25) is 0 Å². The number of aryl methyl sites for hydroxylation is 1. The van der Waals surface area contributed by atoms with E-state index in [0.29, 0.717) is 18.0 Å². The first-order valence-corrected chi connectivity index (χ1v) is 7.97. The van der Waals surface area contributed by atoms with Gasteiger partial charge >= 0.3 is 5.97 Å². The van der Waals surface area contributed by atoms with E-state index in [9.17, 15) is 4.79 Å². The highest BCUT2D eigenvalue weighted by atomic mass is 16.5. The van der Waals surface area contributed by atoms with Crippen LogP contribution in [0, 0.1) is 6.92 Å². The standard InChI is InChI=1S/C17H21N3O3/c1-12-19-16(20-23-12)17(9-3-2-4-10-17)18-11-13-5-7-14(8-6-13)15(21)22/h5-8,18H,2-4,9-11H2,1H3,(H,21,22). The van der Waals surface area contributed by atoms with Gasteiger partial charge in [0.25, 0.3) is 0 Å². The summed E-state index contributed by atoms with van der Waals surface area (Å²) >= 11 is 0. The van der Waals surface area contributed by atoms with Crippen LogP contribution < -0.4 is 5.32 Å². The maximum Gasteiger partial charge on any atom is 0.335 e. The largest absolute Gasteiger partial charge is 0.478 e. The first-order valence-electron chi connectivity index (χ1n) is 7.97. The van der Waals surface area contributed by atoms with Crippen molar-refractivity contribution in [1.29, 1.82) is 0 Å². The number of carboxylic acid groups (broad SMARTS) is 1. The van der Waals surface area contributed by atoms with Crippen molar-refractivity contribution in [2.45, 2.75) is 51.1 Å². The maximum absolute atomic E-state index is 10.9. The molecule has 0 spiro atoms. The summed E-state index contributed by atoms with van der Waals surface area (Å²) in [5, 5.41) is 16.7. The van der Waals surface area contributed by atoms with Crippen molar-refractivity contribution in [2.75, 3.05) is 0 Å². The van der Waals surface area contributed by atoms with Gasteiger partial charge in [-0.1, -0.05) is 36.6 Å². The molecule has 6 nitrogen and oxygen atoms in total. The van der Waals surface area contributed by atoms with E-state index in [1.807, 2.05) is 12.1 Å². The zero-order chi connectivity index (χ0) is 16.3. The molecular weight excluding hydrogens is 294 g/mol. The normalized spacial score (nSPS) is 17.1. The Balaban J connectivity index is 1.75. The molecule has 1 aliphatic rings. The third-order valence-electron chi connectivity index (χ3n) is 4.49. The maximum atomic E-state index is 10.9. The molecule has 1 fully saturated rings. The summed E-state index contributed by atoms with van der Waals surface area (Å²) in [5.74, 6) is 0.407. The molecule has 0 atom stereocenters. The second kappa shape index (κ2) is 6.50. The quantitative estimate of drug-likeness (QED) is 0.881. The molecule has 0 bridgehead atoms. The smallest absolute Gasteiger partial charge is 0.335 e. The highest BCUT2D eigenvalue weighted by molar-refractivity contribution is 5.87. The Morgan fingerprint density at radius 1 is 1.26 bits per heavy atom. The van der Waals surface area contributed by atoms with E-state index in [1.165, 1.54) is 6.42 Å². The molecule has 1 heterocycles. The van der Waals surface area contributed by atoms with E-state index < -0.39 is 5.97 Å². The lowest BCUT2D eigenvalue weighted by Crippen LogP contribution is -2.44. The number of hydrogen-bond acceptors (Lipinski definition) is 5. The molecule has 122 valence electrons. The topological polar surface area (TPSA) is 88.2 Å². The molecule has 0 unspecified atom stereocenters. The predicted molar refractivity (Wildman–Crippen MR) is 84.0 cm³/mol. The number of aromatic nitrogens is 2. The second-order valence-corrected chi connectivity index (χ2v) is 6.14. The number of carbonyl (C=O) groups is 1. The molecule has 0 amide bonds. The van der Waals surface area contributed by atoms with Crippen LogP contribution in [0.4, 0.5) is 0 Å². The molecular formula is C17H21N3O3. The predicted octanol–water partition coefficient (Wildman–Crippen LogP) is 3.03. The number of nitrogens with zero attached hydrogens (tertiary/aromatic N) is 2. The molecule has 0 radical (unpaired) electrons. The van der Waals surface area contributed by atoms with Crippen LogP contribution >= 0.6 is 0 Å². The van der Waals surface area contributed by atoms with Gasteiger partial charge in [0.15, 0.2) is 5.82 Å². The van der Waals surface area contributed by atoms with Gasteiger partial charge < -0.3 is 14.9 Å². The van der Waals surface area contributed by atoms with E-state index in [0.717, 1.165) is 37.1 Å². The number of aromatic carboxylic acids is 1. The van der Waals surface area contributed by atoms with Crippen LogP contribution in [0.25, 0.3) is 0 Å². The first kappa shape index (κ1) is 15.7. The van der Waals surface area contributed by atoms with E-state index >= 15 is 0 Å². The zero-order valence-corrected chi connectivity index (χ0v) is 13.2. The van der Waals surface area contributed by atoms with Crippen LogP contribution in [0.5, 0.6) is 0 Å².